The van der Waals surface area contributed by atoms with Crippen LogP contribution in [0.15, 0.2) is 46.3 Å². The van der Waals surface area contributed by atoms with E-state index in [4.69, 9.17) is 9.26 Å². The van der Waals surface area contributed by atoms with Crippen LogP contribution in [-0.4, -0.2) is 47.8 Å². The molecule has 1 aromatic carbocycles. The van der Waals surface area contributed by atoms with Gasteiger partial charge in [0, 0.05) is 32.4 Å². The SMILES string of the molecule is COCCC1(c2noc(-c3ccc(F)cc3)n2)CCCN(C(=O)c2cccs2)C1. The summed E-state index contributed by atoms with van der Waals surface area (Å²) in [5.74, 6) is 0.625. The van der Waals surface area contributed by atoms with Crippen molar-refractivity contribution in [3.63, 3.8) is 0 Å². The molecule has 152 valence electrons. The van der Waals surface area contributed by atoms with Gasteiger partial charge in [-0.15, -0.1) is 11.3 Å². The van der Waals surface area contributed by atoms with E-state index in [1.54, 1.807) is 19.2 Å². The molecule has 0 spiro atoms. The molecule has 0 bridgehead atoms. The Morgan fingerprint density at radius 1 is 1.34 bits per heavy atom. The number of carbonyl (C=O) groups is 1. The van der Waals surface area contributed by atoms with E-state index in [0.717, 1.165) is 17.7 Å². The second-order valence-corrected chi connectivity index (χ2v) is 8.21. The highest BCUT2D eigenvalue weighted by Gasteiger charge is 2.42. The standard InChI is InChI=1S/C21H22FN3O3S/c1-27-12-10-21(9-3-11-25(14-21)19(26)17-4-2-13-29-17)20-23-18(28-24-20)15-5-7-16(22)8-6-15/h2,4-8,13H,3,9-12,14H2,1H3. The molecule has 1 amide bonds. The number of aromatic nitrogens is 2. The van der Waals surface area contributed by atoms with Gasteiger partial charge < -0.3 is 14.2 Å². The minimum atomic E-state index is -0.442. The number of hydrogen-bond donors (Lipinski definition) is 0. The molecule has 1 aliphatic heterocycles. The number of likely N-dealkylation sites (tertiary alicyclic amines) is 1. The van der Waals surface area contributed by atoms with Gasteiger partial charge in [-0.2, -0.15) is 4.98 Å². The molecular weight excluding hydrogens is 393 g/mol. The van der Waals surface area contributed by atoms with Crippen molar-refractivity contribution in [3.05, 3.63) is 58.3 Å². The van der Waals surface area contributed by atoms with Gasteiger partial charge in [-0.05, 0) is 55.0 Å². The molecule has 1 fully saturated rings. The molecular formula is C21H22FN3O3S. The minimum Gasteiger partial charge on any atom is -0.385 e. The molecule has 3 heterocycles. The summed E-state index contributed by atoms with van der Waals surface area (Å²) in [5, 5.41) is 6.16. The Kier molecular flexibility index (Phi) is 5.73. The molecule has 6 nitrogen and oxygen atoms in total. The summed E-state index contributed by atoms with van der Waals surface area (Å²) in [5.41, 5.74) is 0.220. The Morgan fingerprint density at radius 2 is 2.17 bits per heavy atom. The summed E-state index contributed by atoms with van der Waals surface area (Å²) >= 11 is 1.44. The van der Waals surface area contributed by atoms with Crippen LogP contribution in [0.25, 0.3) is 11.5 Å². The fourth-order valence-corrected chi connectivity index (χ4v) is 4.50. The predicted octanol–water partition coefficient (Wildman–Crippen LogP) is 4.15. The third kappa shape index (κ3) is 4.09. The number of amides is 1. The van der Waals surface area contributed by atoms with Crippen molar-refractivity contribution >= 4 is 17.2 Å². The lowest BCUT2D eigenvalue weighted by atomic mass is 9.76. The highest BCUT2D eigenvalue weighted by atomic mass is 32.1. The number of carbonyl (C=O) groups excluding carboxylic acids is 1. The van der Waals surface area contributed by atoms with Crippen LogP contribution in [0.4, 0.5) is 4.39 Å². The van der Waals surface area contributed by atoms with E-state index in [1.165, 1.54) is 23.5 Å². The maximum Gasteiger partial charge on any atom is 0.263 e. The molecule has 1 atom stereocenters. The van der Waals surface area contributed by atoms with E-state index in [2.05, 4.69) is 10.1 Å². The molecule has 0 radical (unpaired) electrons. The number of ether oxygens (including phenoxy) is 1. The minimum absolute atomic E-state index is 0.0312. The normalized spacial score (nSPS) is 19.4. The number of hydrogen-bond acceptors (Lipinski definition) is 6. The lowest BCUT2D eigenvalue weighted by Gasteiger charge is -2.40. The first-order chi connectivity index (χ1) is 14.1. The van der Waals surface area contributed by atoms with Crippen molar-refractivity contribution in [3.8, 4) is 11.5 Å². The van der Waals surface area contributed by atoms with E-state index in [1.807, 2.05) is 22.4 Å². The number of rotatable bonds is 6. The van der Waals surface area contributed by atoms with Gasteiger partial charge in [0.25, 0.3) is 11.8 Å². The Bertz CT molecular complexity index is 958. The molecule has 1 aliphatic rings. The van der Waals surface area contributed by atoms with Crippen LogP contribution in [0.1, 0.15) is 34.8 Å². The second-order valence-electron chi connectivity index (χ2n) is 7.26. The first-order valence-electron chi connectivity index (χ1n) is 9.53. The van der Waals surface area contributed by atoms with Gasteiger partial charge in [0.05, 0.1) is 10.3 Å². The molecule has 29 heavy (non-hydrogen) atoms. The summed E-state index contributed by atoms with van der Waals surface area (Å²) in [6, 6.07) is 9.68. The van der Waals surface area contributed by atoms with Crippen molar-refractivity contribution in [2.45, 2.75) is 24.7 Å². The summed E-state index contributed by atoms with van der Waals surface area (Å²) in [7, 11) is 1.66. The molecule has 4 rings (SSSR count). The van der Waals surface area contributed by atoms with Crippen molar-refractivity contribution in [1.82, 2.24) is 15.0 Å². The Morgan fingerprint density at radius 3 is 2.90 bits per heavy atom. The molecule has 2 aromatic heterocycles. The van der Waals surface area contributed by atoms with Gasteiger partial charge in [0.1, 0.15) is 5.82 Å². The second kappa shape index (κ2) is 8.42. The molecule has 0 saturated carbocycles. The maximum absolute atomic E-state index is 13.2. The average molecular weight is 415 g/mol. The van der Waals surface area contributed by atoms with Crippen LogP contribution >= 0.6 is 11.3 Å². The van der Waals surface area contributed by atoms with Crippen LogP contribution in [0.5, 0.6) is 0 Å². The van der Waals surface area contributed by atoms with E-state index in [9.17, 15) is 9.18 Å². The van der Waals surface area contributed by atoms with Gasteiger partial charge in [0.15, 0.2) is 5.82 Å². The largest absolute Gasteiger partial charge is 0.385 e. The third-order valence-electron chi connectivity index (χ3n) is 5.37. The molecule has 8 heteroatoms. The highest BCUT2D eigenvalue weighted by Crippen LogP contribution is 2.37. The van der Waals surface area contributed by atoms with Crippen LogP contribution in [0.3, 0.4) is 0 Å². The number of benzene rings is 1. The van der Waals surface area contributed by atoms with Gasteiger partial charge in [0.2, 0.25) is 0 Å². The van der Waals surface area contributed by atoms with Gasteiger partial charge >= 0.3 is 0 Å². The highest BCUT2D eigenvalue weighted by molar-refractivity contribution is 7.12. The Hall–Kier alpha value is -2.58. The van der Waals surface area contributed by atoms with Crippen molar-refractivity contribution in [2.24, 2.45) is 0 Å². The number of halogens is 1. The lowest BCUT2D eigenvalue weighted by Crippen LogP contribution is -2.49. The number of thiophene rings is 1. The van der Waals surface area contributed by atoms with Gasteiger partial charge in [-0.25, -0.2) is 4.39 Å². The zero-order chi connectivity index (χ0) is 20.3. The van der Waals surface area contributed by atoms with Crippen LogP contribution in [-0.2, 0) is 10.2 Å². The topological polar surface area (TPSA) is 68.5 Å². The quantitative estimate of drug-likeness (QED) is 0.605. The molecule has 1 unspecified atom stereocenters. The Labute approximate surface area is 172 Å². The smallest absolute Gasteiger partial charge is 0.263 e. The van der Waals surface area contributed by atoms with E-state index >= 15 is 0 Å². The van der Waals surface area contributed by atoms with Crippen LogP contribution in [0.2, 0.25) is 0 Å². The van der Waals surface area contributed by atoms with E-state index in [-0.39, 0.29) is 11.7 Å². The van der Waals surface area contributed by atoms with E-state index < -0.39 is 5.41 Å². The van der Waals surface area contributed by atoms with E-state index in [0.29, 0.717) is 43.4 Å². The monoisotopic (exact) mass is 415 g/mol. The van der Waals surface area contributed by atoms with Gasteiger partial charge in [-0.3, -0.25) is 4.79 Å². The zero-order valence-corrected chi connectivity index (χ0v) is 17.0. The first-order valence-corrected chi connectivity index (χ1v) is 10.4. The molecule has 1 saturated heterocycles. The average Bonchev–Trinajstić information content (AvgIpc) is 3.45. The predicted molar refractivity (Wildman–Crippen MR) is 107 cm³/mol. The third-order valence-corrected chi connectivity index (χ3v) is 6.23. The molecule has 3 aromatic rings. The van der Waals surface area contributed by atoms with Crippen molar-refractivity contribution < 1.29 is 18.4 Å². The summed E-state index contributed by atoms with van der Waals surface area (Å²) < 4.78 is 24.0. The summed E-state index contributed by atoms with van der Waals surface area (Å²) in [6.45, 7) is 1.74. The fourth-order valence-electron chi connectivity index (χ4n) is 3.81. The Balaban J connectivity index is 1.63. The number of piperidine rings is 1. The van der Waals surface area contributed by atoms with Gasteiger partial charge in [-0.1, -0.05) is 11.2 Å². The number of methoxy groups -OCH3 is 1. The maximum atomic E-state index is 13.2. The van der Waals surface area contributed by atoms with Crippen molar-refractivity contribution in [2.75, 3.05) is 26.8 Å². The summed E-state index contributed by atoms with van der Waals surface area (Å²) in [6.07, 6.45) is 2.37. The molecule has 0 N–H and O–H groups in total. The number of nitrogens with zero attached hydrogens (tertiary/aromatic N) is 3. The lowest BCUT2D eigenvalue weighted by molar-refractivity contribution is 0.0571. The van der Waals surface area contributed by atoms with Crippen LogP contribution < -0.4 is 0 Å². The zero-order valence-electron chi connectivity index (χ0n) is 16.1. The first kappa shape index (κ1) is 19.7. The molecule has 0 aliphatic carbocycles. The fraction of sp³-hybridized carbons (Fsp3) is 0.381. The summed E-state index contributed by atoms with van der Waals surface area (Å²) in [4.78, 5) is 20.1. The van der Waals surface area contributed by atoms with Crippen LogP contribution in [0, 0.1) is 5.82 Å². The van der Waals surface area contributed by atoms with Crippen molar-refractivity contribution in [1.29, 1.82) is 0 Å².